The van der Waals surface area contributed by atoms with Crippen LogP contribution in [-0.4, -0.2) is 28.5 Å². The number of furan rings is 1. The first-order valence-electron chi connectivity index (χ1n) is 6.43. The van der Waals surface area contributed by atoms with Crippen LogP contribution in [0, 0.1) is 6.92 Å². The van der Waals surface area contributed by atoms with Crippen LogP contribution < -0.4 is 10.1 Å². The lowest BCUT2D eigenvalue weighted by Gasteiger charge is -2.24. The normalized spacial score (nSPS) is 14.8. The van der Waals surface area contributed by atoms with Crippen molar-refractivity contribution in [1.29, 1.82) is 0 Å². The second-order valence-electron chi connectivity index (χ2n) is 5.00. The minimum absolute atomic E-state index is 0.198. The zero-order valence-electron chi connectivity index (χ0n) is 11.7. The van der Waals surface area contributed by atoms with Gasteiger partial charge < -0.3 is 14.3 Å². The van der Waals surface area contributed by atoms with E-state index in [4.69, 9.17) is 9.15 Å². The number of ether oxygens (including phenoxy) is 1. The fourth-order valence-corrected chi connectivity index (χ4v) is 1.86. The number of nitrogens with one attached hydrogen (secondary N) is 1. The molecule has 0 fully saturated rings. The standard InChI is InChI=1S/C14H20N2O3/c1-8(2)15-13(10(4)17)19-14-11-5-6-18-12(11)7-9(3)16-14/h5-8,10,13,15,17H,1-4H3. The number of hydrogen-bond donors (Lipinski definition) is 2. The third kappa shape index (κ3) is 3.24. The maximum Gasteiger partial charge on any atom is 0.226 e. The van der Waals surface area contributed by atoms with Gasteiger partial charge in [-0.25, -0.2) is 4.98 Å². The molecule has 0 amide bonds. The largest absolute Gasteiger partial charge is 0.464 e. The monoisotopic (exact) mass is 264 g/mol. The van der Waals surface area contributed by atoms with Crippen LogP contribution in [0.5, 0.6) is 5.88 Å². The Morgan fingerprint density at radius 1 is 1.37 bits per heavy atom. The van der Waals surface area contributed by atoms with Gasteiger partial charge in [0.2, 0.25) is 5.88 Å². The number of pyridine rings is 1. The highest BCUT2D eigenvalue weighted by Crippen LogP contribution is 2.26. The fourth-order valence-electron chi connectivity index (χ4n) is 1.86. The average Bonchev–Trinajstić information content (AvgIpc) is 2.75. The molecule has 2 rings (SSSR count). The number of aromatic nitrogens is 1. The first-order chi connectivity index (χ1) is 8.97. The number of aliphatic hydroxyl groups excluding tert-OH is 1. The molecule has 5 heteroatoms. The smallest absolute Gasteiger partial charge is 0.226 e. The van der Waals surface area contributed by atoms with Crippen LogP contribution in [-0.2, 0) is 0 Å². The van der Waals surface area contributed by atoms with E-state index in [1.807, 2.05) is 32.9 Å². The van der Waals surface area contributed by atoms with Crippen molar-refractivity contribution < 1.29 is 14.3 Å². The highest BCUT2D eigenvalue weighted by molar-refractivity contribution is 5.82. The summed E-state index contributed by atoms with van der Waals surface area (Å²) in [5.41, 5.74) is 1.54. The van der Waals surface area contributed by atoms with Crippen molar-refractivity contribution >= 4 is 11.0 Å². The van der Waals surface area contributed by atoms with Gasteiger partial charge in [-0.3, -0.25) is 5.32 Å². The summed E-state index contributed by atoms with van der Waals surface area (Å²) in [4.78, 5) is 4.37. The number of nitrogens with zero attached hydrogens (tertiary/aromatic N) is 1. The molecule has 0 aromatic carbocycles. The van der Waals surface area contributed by atoms with Gasteiger partial charge in [-0.05, 0) is 33.8 Å². The van der Waals surface area contributed by atoms with Gasteiger partial charge in [-0.15, -0.1) is 0 Å². The van der Waals surface area contributed by atoms with Crippen molar-refractivity contribution in [2.24, 2.45) is 0 Å². The fraction of sp³-hybridized carbons (Fsp3) is 0.500. The van der Waals surface area contributed by atoms with Gasteiger partial charge in [0.25, 0.3) is 0 Å². The van der Waals surface area contributed by atoms with Crippen molar-refractivity contribution in [1.82, 2.24) is 10.3 Å². The summed E-state index contributed by atoms with van der Waals surface area (Å²) in [5.74, 6) is 0.475. The van der Waals surface area contributed by atoms with Gasteiger partial charge in [0.1, 0.15) is 11.7 Å². The molecule has 2 aromatic rings. The Hall–Kier alpha value is -1.59. The van der Waals surface area contributed by atoms with Crippen molar-refractivity contribution in [2.45, 2.75) is 46.1 Å². The third-order valence-corrected chi connectivity index (χ3v) is 2.72. The number of aliphatic hydroxyl groups is 1. The Morgan fingerprint density at radius 3 is 2.74 bits per heavy atom. The van der Waals surface area contributed by atoms with E-state index >= 15 is 0 Å². The summed E-state index contributed by atoms with van der Waals surface area (Å²) >= 11 is 0. The molecule has 2 atom stereocenters. The molecule has 0 saturated carbocycles. The minimum atomic E-state index is -0.647. The lowest BCUT2D eigenvalue weighted by Crippen LogP contribution is -2.46. The molecule has 2 aromatic heterocycles. The molecule has 5 nitrogen and oxygen atoms in total. The van der Waals surface area contributed by atoms with E-state index in [1.165, 1.54) is 0 Å². The van der Waals surface area contributed by atoms with Gasteiger partial charge in [0, 0.05) is 17.8 Å². The van der Waals surface area contributed by atoms with Crippen LogP contribution in [0.15, 0.2) is 22.8 Å². The third-order valence-electron chi connectivity index (χ3n) is 2.72. The SMILES string of the molecule is Cc1cc2occc2c(OC(NC(C)C)C(C)O)n1. The Morgan fingerprint density at radius 2 is 2.11 bits per heavy atom. The van der Waals surface area contributed by atoms with Crippen molar-refractivity contribution in [3.05, 3.63) is 24.1 Å². The van der Waals surface area contributed by atoms with Crippen molar-refractivity contribution in [3.8, 4) is 5.88 Å². The average molecular weight is 264 g/mol. The van der Waals surface area contributed by atoms with E-state index in [0.29, 0.717) is 5.88 Å². The topological polar surface area (TPSA) is 67.5 Å². The molecule has 0 radical (unpaired) electrons. The highest BCUT2D eigenvalue weighted by Gasteiger charge is 2.20. The molecule has 0 aliphatic heterocycles. The molecule has 2 N–H and O–H groups in total. The lowest BCUT2D eigenvalue weighted by atomic mass is 10.2. The second-order valence-corrected chi connectivity index (χ2v) is 5.00. The van der Waals surface area contributed by atoms with E-state index in [2.05, 4.69) is 10.3 Å². The van der Waals surface area contributed by atoms with E-state index in [9.17, 15) is 5.11 Å². The van der Waals surface area contributed by atoms with Gasteiger partial charge in [0.15, 0.2) is 6.23 Å². The number of hydrogen-bond acceptors (Lipinski definition) is 5. The van der Waals surface area contributed by atoms with Gasteiger partial charge >= 0.3 is 0 Å². The number of fused-ring (bicyclic) bond motifs is 1. The first kappa shape index (κ1) is 13.8. The summed E-state index contributed by atoms with van der Waals surface area (Å²) in [6.07, 6.45) is 0.449. The molecule has 19 heavy (non-hydrogen) atoms. The second kappa shape index (κ2) is 5.59. The highest BCUT2D eigenvalue weighted by atomic mass is 16.5. The van der Waals surface area contributed by atoms with E-state index in [1.54, 1.807) is 13.2 Å². The predicted molar refractivity (Wildman–Crippen MR) is 73.1 cm³/mol. The van der Waals surface area contributed by atoms with Gasteiger partial charge in [-0.1, -0.05) is 0 Å². The molecular formula is C14H20N2O3. The van der Waals surface area contributed by atoms with E-state index in [0.717, 1.165) is 16.7 Å². The van der Waals surface area contributed by atoms with Crippen molar-refractivity contribution in [2.75, 3.05) is 0 Å². The molecule has 0 aliphatic rings. The molecule has 0 bridgehead atoms. The summed E-state index contributed by atoms with van der Waals surface area (Å²) in [6, 6.07) is 3.87. The minimum Gasteiger partial charge on any atom is -0.464 e. The zero-order valence-corrected chi connectivity index (χ0v) is 11.7. The first-order valence-corrected chi connectivity index (χ1v) is 6.43. The van der Waals surface area contributed by atoms with Crippen LogP contribution in [0.4, 0.5) is 0 Å². The molecule has 2 heterocycles. The predicted octanol–water partition coefficient (Wildman–Crippen LogP) is 2.22. The molecule has 0 saturated heterocycles. The summed E-state index contributed by atoms with van der Waals surface area (Å²) < 4.78 is 11.2. The molecule has 2 unspecified atom stereocenters. The quantitative estimate of drug-likeness (QED) is 0.810. The summed E-state index contributed by atoms with van der Waals surface area (Å²) in [5, 5.41) is 13.7. The van der Waals surface area contributed by atoms with Crippen LogP contribution in [0.25, 0.3) is 11.0 Å². The van der Waals surface area contributed by atoms with Crippen LogP contribution in [0.3, 0.4) is 0 Å². The lowest BCUT2D eigenvalue weighted by molar-refractivity contribution is 0.0200. The van der Waals surface area contributed by atoms with E-state index < -0.39 is 12.3 Å². The zero-order chi connectivity index (χ0) is 14.0. The Bertz CT molecular complexity index is 549. The Balaban J connectivity index is 2.30. The summed E-state index contributed by atoms with van der Waals surface area (Å²) in [6.45, 7) is 7.55. The number of rotatable bonds is 5. The van der Waals surface area contributed by atoms with Gasteiger partial charge in [0.05, 0.1) is 11.6 Å². The maximum absolute atomic E-state index is 9.78. The van der Waals surface area contributed by atoms with Crippen LogP contribution in [0.1, 0.15) is 26.5 Å². The van der Waals surface area contributed by atoms with E-state index in [-0.39, 0.29) is 6.04 Å². The Labute approximate surface area is 112 Å². The van der Waals surface area contributed by atoms with Crippen LogP contribution >= 0.6 is 0 Å². The van der Waals surface area contributed by atoms with Crippen molar-refractivity contribution in [3.63, 3.8) is 0 Å². The molecular weight excluding hydrogens is 244 g/mol. The van der Waals surface area contributed by atoms with Gasteiger partial charge in [-0.2, -0.15) is 0 Å². The summed E-state index contributed by atoms with van der Waals surface area (Å²) in [7, 11) is 0. The molecule has 104 valence electrons. The molecule has 0 spiro atoms. The maximum atomic E-state index is 9.78. The Kier molecular flexibility index (Phi) is 4.07. The van der Waals surface area contributed by atoms with Crippen LogP contribution in [0.2, 0.25) is 0 Å². The molecule has 0 aliphatic carbocycles. The number of aryl methyl sites for hydroxylation is 1.